The lowest BCUT2D eigenvalue weighted by Gasteiger charge is -1.90. The van der Waals surface area contributed by atoms with Crippen molar-refractivity contribution in [2.75, 3.05) is 0 Å². The van der Waals surface area contributed by atoms with Crippen molar-refractivity contribution >= 4 is 5.91 Å². The normalized spacial score (nSPS) is 10.9. The highest BCUT2D eigenvalue weighted by atomic mass is 19.1. The largest absolute Gasteiger partial charge is 0.366 e. The number of allylic oxidation sites excluding steroid dienone is 1. The van der Waals surface area contributed by atoms with Crippen LogP contribution in [0.15, 0.2) is 11.4 Å². The molecule has 0 aliphatic carbocycles. The molecule has 0 atom stereocenters. The van der Waals surface area contributed by atoms with Gasteiger partial charge in [0.05, 0.1) is 0 Å². The summed E-state index contributed by atoms with van der Waals surface area (Å²) < 4.78 is 11.9. The first-order chi connectivity index (χ1) is 4.55. The fourth-order valence-corrected chi connectivity index (χ4v) is 0.170. The van der Waals surface area contributed by atoms with Crippen LogP contribution in [-0.2, 0) is 4.79 Å². The second-order valence-electron chi connectivity index (χ2n) is 1.52. The lowest BCUT2D eigenvalue weighted by molar-refractivity contribution is -0.114. The summed E-state index contributed by atoms with van der Waals surface area (Å²) in [4.78, 5) is 10.1. The Kier molecular flexibility index (Phi) is 7.44. The van der Waals surface area contributed by atoms with Crippen LogP contribution in [0.5, 0.6) is 0 Å². The molecule has 0 aliphatic heterocycles. The predicted octanol–water partition coefficient (Wildman–Crippen LogP) is 1.76. The molecule has 0 unspecified atom stereocenters. The first-order valence-corrected chi connectivity index (χ1v) is 3.18. The number of amides is 1. The van der Waals surface area contributed by atoms with Crippen LogP contribution >= 0.6 is 0 Å². The predicted molar refractivity (Wildman–Crippen MR) is 40.0 cm³/mol. The number of halogens is 1. The first kappa shape index (κ1) is 11.9. The van der Waals surface area contributed by atoms with E-state index >= 15 is 0 Å². The maximum Gasteiger partial charge on any atom is 0.246 e. The maximum atomic E-state index is 11.9. The summed E-state index contributed by atoms with van der Waals surface area (Å²) >= 11 is 0. The lowest BCUT2D eigenvalue weighted by atomic mass is 10.3. The van der Waals surface area contributed by atoms with Gasteiger partial charge in [0.25, 0.3) is 0 Å². The third-order valence-electron chi connectivity index (χ3n) is 0.886. The number of carbonyl (C=O) groups excluding carboxylic acids is 1. The van der Waals surface area contributed by atoms with Gasteiger partial charge in [-0.05, 0) is 13.8 Å². The highest BCUT2D eigenvalue weighted by molar-refractivity contribution is 5.91. The van der Waals surface area contributed by atoms with E-state index in [4.69, 9.17) is 5.73 Å². The Bertz CT molecular complexity index is 137. The van der Waals surface area contributed by atoms with Crippen LogP contribution in [0, 0.1) is 0 Å². The Balaban J connectivity index is 0. The molecule has 0 aromatic carbocycles. The molecule has 1 amide bonds. The zero-order chi connectivity index (χ0) is 8.73. The molecule has 0 aromatic heterocycles. The second-order valence-corrected chi connectivity index (χ2v) is 1.52. The van der Waals surface area contributed by atoms with Gasteiger partial charge in [-0.15, -0.1) is 0 Å². The fourth-order valence-electron chi connectivity index (χ4n) is 0.170. The van der Waals surface area contributed by atoms with Gasteiger partial charge < -0.3 is 5.73 Å². The molecule has 0 heterocycles. The second kappa shape index (κ2) is 6.26. The molecule has 0 fully saturated rings. The van der Waals surface area contributed by atoms with Gasteiger partial charge in [0.1, 0.15) is 5.83 Å². The maximum absolute atomic E-state index is 11.9. The Morgan fingerprint density at radius 3 is 1.60 bits per heavy atom. The summed E-state index contributed by atoms with van der Waals surface area (Å²) in [5.41, 5.74) is 4.69. The topological polar surface area (TPSA) is 43.1 Å². The summed E-state index contributed by atoms with van der Waals surface area (Å²) in [6.45, 7) is 6.54. The van der Waals surface area contributed by atoms with Gasteiger partial charge in [-0.2, -0.15) is 0 Å². The third kappa shape index (κ3) is 5.28. The molecule has 0 spiro atoms. The molecule has 0 saturated carbocycles. The zero-order valence-corrected chi connectivity index (χ0v) is 6.86. The molecular formula is C7H14FNO. The quantitative estimate of drug-likeness (QED) is 0.564. The number of rotatable bonds is 1. The van der Waals surface area contributed by atoms with Gasteiger partial charge in [0.2, 0.25) is 5.91 Å². The summed E-state index contributed by atoms with van der Waals surface area (Å²) in [5, 5.41) is 0. The Morgan fingerprint density at radius 1 is 1.30 bits per heavy atom. The highest BCUT2D eigenvalue weighted by Crippen LogP contribution is 2.01. The third-order valence-corrected chi connectivity index (χ3v) is 0.886. The van der Waals surface area contributed by atoms with E-state index in [2.05, 4.69) is 0 Å². The van der Waals surface area contributed by atoms with Crippen molar-refractivity contribution in [1.82, 2.24) is 0 Å². The van der Waals surface area contributed by atoms with Gasteiger partial charge >= 0.3 is 0 Å². The van der Waals surface area contributed by atoms with Crippen molar-refractivity contribution in [2.45, 2.75) is 27.7 Å². The van der Waals surface area contributed by atoms with Crippen molar-refractivity contribution in [3.05, 3.63) is 11.4 Å². The van der Waals surface area contributed by atoms with Crippen LogP contribution < -0.4 is 5.73 Å². The van der Waals surface area contributed by atoms with Gasteiger partial charge in [0.15, 0.2) is 0 Å². The lowest BCUT2D eigenvalue weighted by Crippen LogP contribution is -2.12. The Hall–Kier alpha value is -0.860. The van der Waals surface area contributed by atoms with Gasteiger partial charge in [-0.3, -0.25) is 4.79 Å². The molecule has 0 saturated heterocycles. The average Bonchev–Trinajstić information content (AvgIpc) is 1.90. The van der Waals surface area contributed by atoms with E-state index in [0.717, 1.165) is 0 Å². The van der Waals surface area contributed by atoms with Crippen molar-refractivity contribution < 1.29 is 9.18 Å². The summed E-state index contributed by atoms with van der Waals surface area (Å²) in [5.74, 6) is -1.22. The molecule has 10 heavy (non-hydrogen) atoms. The van der Waals surface area contributed by atoms with Gasteiger partial charge in [0, 0.05) is 5.57 Å². The highest BCUT2D eigenvalue weighted by Gasteiger charge is 1.99. The minimum atomic E-state index is -0.704. The van der Waals surface area contributed by atoms with Crippen LogP contribution in [0.3, 0.4) is 0 Å². The number of hydrogen-bond donors (Lipinski definition) is 1. The molecule has 0 radical (unpaired) electrons. The smallest absolute Gasteiger partial charge is 0.246 e. The van der Waals surface area contributed by atoms with E-state index in [1.165, 1.54) is 13.8 Å². The van der Waals surface area contributed by atoms with Crippen molar-refractivity contribution in [2.24, 2.45) is 5.73 Å². The van der Waals surface area contributed by atoms with E-state index < -0.39 is 11.7 Å². The van der Waals surface area contributed by atoms with Gasteiger partial charge in [-0.1, -0.05) is 13.8 Å². The molecule has 2 N–H and O–H groups in total. The minimum Gasteiger partial charge on any atom is -0.366 e. The molecule has 3 heteroatoms. The van der Waals surface area contributed by atoms with Crippen LogP contribution in [0.4, 0.5) is 4.39 Å². The molecule has 0 aromatic rings. The summed E-state index contributed by atoms with van der Waals surface area (Å²) in [6.07, 6.45) is 0. The SMILES string of the molecule is C/C(F)=C(\C)C(N)=O.CC. The van der Waals surface area contributed by atoms with Gasteiger partial charge in [-0.25, -0.2) is 4.39 Å². The molecule has 0 bridgehead atoms. The van der Waals surface area contributed by atoms with Crippen molar-refractivity contribution in [3.63, 3.8) is 0 Å². The number of hydrogen-bond acceptors (Lipinski definition) is 1. The minimum absolute atomic E-state index is 0.00926. The van der Waals surface area contributed by atoms with E-state index in [1.54, 1.807) is 0 Å². The number of primary amides is 1. The summed E-state index contributed by atoms with van der Waals surface area (Å²) in [7, 11) is 0. The summed E-state index contributed by atoms with van der Waals surface area (Å²) in [6, 6.07) is 0. The molecule has 0 rings (SSSR count). The van der Waals surface area contributed by atoms with E-state index in [1.807, 2.05) is 13.8 Å². The Morgan fingerprint density at radius 2 is 1.60 bits per heavy atom. The van der Waals surface area contributed by atoms with Crippen LogP contribution in [0.25, 0.3) is 0 Å². The zero-order valence-electron chi connectivity index (χ0n) is 6.86. The molecule has 2 nitrogen and oxygen atoms in total. The standard InChI is InChI=1S/C5H8FNO.C2H6/c1-3(4(2)6)5(7)8;1-2/h1-2H3,(H2,7,8);1-2H3/b4-3-;. The number of nitrogens with two attached hydrogens (primary N) is 1. The van der Waals surface area contributed by atoms with Crippen molar-refractivity contribution in [3.8, 4) is 0 Å². The van der Waals surface area contributed by atoms with Crippen LogP contribution in [0.2, 0.25) is 0 Å². The van der Waals surface area contributed by atoms with Crippen LogP contribution in [0.1, 0.15) is 27.7 Å². The monoisotopic (exact) mass is 147 g/mol. The fraction of sp³-hybridized carbons (Fsp3) is 0.571. The number of carbonyl (C=O) groups is 1. The molecule has 60 valence electrons. The average molecular weight is 147 g/mol. The van der Waals surface area contributed by atoms with E-state index in [9.17, 15) is 9.18 Å². The van der Waals surface area contributed by atoms with Crippen LogP contribution in [-0.4, -0.2) is 5.91 Å². The molecular weight excluding hydrogens is 133 g/mol. The Labute approximate surface area is 60.9 Å². The molecule has 0 aliphatic rings. The van der Waals surface area contributed by atoms with E-state index in [-0.39, 0.29) is 5.57 Å². The van der Waals surface area contributed by atoms with E-state index in [0.29, 0.717) is 0 Å². The first-order valence-electron chi connectivity index (χ1n) is 3.18. The van der Waals surface area contributed by atoms with Crippen molar-refractivity contribution in [1.29, 1.82) is 0 Å².